The maximum Gasteiger partial charge on any atom is 0.408 e. The second-order valence-electron chi connectivity index (χ2n) is 9.46. The number of rotatable bonds is 7. The van der Waals surface area contributed by atoms with Crippen LogP contribution in [0.1, 0.15) is 41.5 Å². The highest BCUT2D eigenvalue weighted by Gasteiger charge is 2.50. The average molecular weight is 426 g/mol. The summed E-state index contributed by atoms with van der Waals surface area (Å²) in [5, 5.41) is 5.13. The van der Waals surface area contributed by atoms with E-state index in [4.69, 9.17) is 9.16 Å². The third kappa shape index (κ3) is 5.83. The third-order valence-corrected chi connectivity index (χ3v) is 9.89. The Morgan fingerprint density at radius 1 is 0.967 bits per heavy atom. The lowest BCUT2D eigenvalue weighted by Crippen LogP contribution is -2.67. The lowest BCUT2D eigenvalue weighted by molar-refractivity contribution is 0.0500. The molecule has 0 spiro atoms. The second kappa shape index (κ2) is 9.62. The molecule has 2 rings (SSSR count). The van der Waals surface area contributed by atoms with Crippen LogP contribution >= 0.6 is 0 Å². The summed E-state index contributed by atoms with van der Waals surface area (Å²) >= 11 is 0. The molecule has 0 saturated carbocycles. The van der Waals surface area contributed by atoms with Crippen molar-refractivity contribution in [1.29, 1.82) is 0 Å². The zero-order chi connectivity index (χ0) is 22.4. The molecule has 0 aromatic heterocycles. The number of alkyl carbamates (subject to hydrolysis) is 1. The molecule has 0 saturated heterocycles. The predicted molar refractivity (Wildman–Crippen MR) is 127 cm³/mol. The fourth-order valence-corrected chi connectivity index (χ4v) is 8.19. The number of nitrogens with one attached hydrogen (secondary N) is 1. The van der Waals surface area contributed by atoms with Gasteiger partial charge in [-0.05, 0) is 36.2 Å². The lowest BCUT2D eigenvalue weighted by atomic mass is 10.2. The summed E-state index contributed by atoms with van der Waals surface area (Å²) in [7, 11) is -2.67. The molecule has 4 nitrogen and oxygen atoms in total. The maximum atomic E-state index is 12.3. The molecule has 0 heterocycles. The molecule has 0 aliphatic heterocycles. The standard InChI is InChI=1S/C25H35NO3Si/c1-8-20(26-23(27)29-24(2,3)4)19-28-30(25(5,6)7,21-15-11-9-12-16-21)22-17-13-10-14-18-22/h8-18,20H,1,19H2,2-7H3,(H,26,27)/t20-/m1/s1. The molecule has 0 aliphatic rings. The number of benzene rings is 2. The molecule has 30 heavy (non-hydrogen) atoms. The van der Waals surface area contributed by atoms with Crippen molar-refractivity contribution in [3.05, 3.63) is 73.3 Å². The van der Waals surface area contributed by atoms with Crippen molar-refractivity contribution in [1.82, 2.24) is 5.32 Å². The molecule has 0 fully saturated rings. The Morgan fingerprint density at radius 2 is 1.43 bits per heavy atom. The number of carbonyl (C=O) groups excluding carboxylic acids is 1. The van der Waals surface area contributed by atoms with Crippen molar-refractivity contribution in [3.63, 3.8) is 0 Å². The van der Waals surface area contributed by atoms with Crippen molar-refractivity contribution in [2.75, 3.05) is 6.61 Å². The average Bonchev–Trinajstić information content (AvgIpc) is 2.66. The van der Waals surface area contributed by atoms with Gasteiger partial charge >= 0.3 is 6.09 Å². The summed E-state index contributed by atoms with van der Waals surface area (Å²) in [6, 6.07) is 20.5. The molecule has 0 radical (unpaired) electrons. The van der Waals surface area contributed by atoms with Gasteiger partial charge < -0.3 is 14.5 Å². The lowest BCUT2D eigenvalue weighted by Gasteiger charge is -2.43. The van der Waals surface area contributed by atoms with E-state index in [1.54, 1.807) is 6.08 Å². The van der Waals surface area contributed by atoms with Gasteiger partial charge in [0.05, 0.1) is 12.6 Å². The molecule has 1 amide bonds. The van der Waals surface area contributed by atoms with Gasteiger partial charge in [-0.15, -0.1) is 6.58 Å². The Hall–Kier alpha value is -2.37. The van der Waals surface area contributed by atoms with E-state index in [0.29, 0.717) is 6.61 Å². The minimum absolute atomic E-state index is 0.132. The molecule has 0 unspecified atom stereocenters. The summed E-state index contributed by atoms with van der Waals surface area (Å²) < 4.78 is 12.2. The smallest absolute Gasteiger partial charge is 0.408 e. The van der Waals surface area contributed by atoms with Gasteiger partial charge in [0.25, 0.3) is 8.32 Å². The fourth-order valence-electron chi connectivity index (χ4n) is 3.60. The first-order valence-electron chi connectivity index (χ1n) is 10.4. The Balaban J connectivity index is 2.38. The summed E-state index contributed by atoms with van der Waals surface area (Å²) in [5.74, 6) is 0. The zero-order valence-electron chi connectivity index (χ0n) is 19.1. The quantitative estimate of drug-likeness (QED) is 0.519. The number of hydrogen-bond donors (Lipinski definition) is 1. The van der Waals surface area contributed by atoms with Crippen LogP contribution in [0.4, 0.5) is 4.79 Å². The Kier molecular flexibility index (Phi) is 7.67. The van der Waals surface area contributed by atoms with Crippen LogP contribution in [-0.4, -0.2) is 32.7 Å². The van der Waals surface area contributed by atoms with Gasteiger partial charge in [0, 0.05) is 0 Å². The summed E-state index contributed by atoms with van der Waals surface area (Å²) in [5.41, 5.74) is -0.561. The van der Waals surface area contributed by atoms with E-state index in [-0.39, 0.29) is 11.1 Å². The molecule has 1 atom stereocenters. The van der Waals surface area contributed by atoms with Gasteiger partial charge in [-0.3, -0.25) is 0 Å². The summed E-state index contributed by atoms with van der Waals surface area (Å²) in [6.45, 7) is 16.4. The van der Waals surface area contributed by atoms with Gasteiger partial charge in [0.1, 0.15) is 5.60 Å². The van der Waals surface area contributed by atoms with Crippen molar-refractivity contribution in [2.24, 2.45) is 0 Å². The molecular formula is C25H35NO3Si. The molecule has 0 aliphatic carbocycles. The highest BCUT2D eigenvalue weighted by molar-refractivity contribution is 6.99. The molecule has 2 aromatic carbocycles. The summed E-state index contributed by atoms with van der Waals surface area (Å²) in [4.78, 5) is 12.3. The second-order valence-corrected chi connectivity index (χ2v) is 13.8. The van der Waals surface area contributed by atoms with Crippen LogP contribution in [0.15, 0.2) is 73.3 Å². The predicted octanol–water partition coefficient (Wildman–Crippen LogP) is 4.64. The zero-order valence-corrected chi connectivity index (χ0v) is 20.1. The SMILES string of the molecule is C=C[C@H](CO[Si](c1ccccc1)(c1ccccc1)C(C)(C)C)NC(=O)OC(C)(C)C. The topological polar surface area (TPSA) is 47.6 Å². The van der Waals surface area contributed by atoms with Crippen molar-refractivity contribution >= 4 is 24.8 Å². The van der Waals surface area contributed by atoms with E-state index >= 15 is 0 Å². The van der Waals surface area contributed by atoms with Gasteiger partial charge in [-0.1, -0.05) is 87.5 Å². The minimum atomic E-state index is -2.67. The van der Waals surface area contributed by atoms with Crippen LogP contribution < -0.4 is 15.7 Å². The number of hydrogen-bond acceptors (Lipinski definition) is 3. The van der Waals surface area contributed by atoms with Crippen molar-refractivity contribution < 1.29 is 14.0 Å². The molecular weight excluding hydrogens is 390 g/mol. The Morgan fingerprint density at radius 3 is 1.80 bits per heavy atom. The van der Waals surface area contributed by atoms with E-state index in [9.17, 15) is 4.79 Å². The largest absolute Gasteiger partial charge is 0.444 e. The molecule has 5 heteroatoms. The summed E-state index contributed by atoms with van der Waals surface area (Å²) in [6.07, 6.45) is 1.22. The van der Waals surface area contributed by atoms with Gasteiger partial charge in [0.2, 0.25) is 0 Å². The van der Waals surface area contributed by atoms with Crippen LogP contribution in [0, 0.1) is 0 Å². The first kappa shape index (κ1) is 23.9. The number of carbonyl (C=O) groups is 1. The number of amides is 1. The van der Waals surface area contributed by atoms with Crippen LogP contribution in [0.25, 0.3) is 0 Å². The van der Waals surface area contributed by atoms with Crippen LogP contribution in [0.3, 0.4) is 0 Å². The van der Waals surface area contributed by atoms with E-state index < -0.39 is 20.0 Å². The van der Waals surface area contributed by atoms with E-state index in [1.807, 2.05) is 32.9 Å². The minimum Gasteiger partial charge on any atom is -0.444 e. The first-order chi connectivity index (χ1) is 14.0. The van der Waals surface area contributed by atoms with Gasteiger partial charge in [0.15, 0.2) is 0 Å². The fraction of sp³-hybridized carbons (Fsp3) is 0.400. The molecule has 162 valence electrons. The molecule has 0 bridgehead atoms. The van der Waals surface area contributed by atoms with Crippen molar-refractivity contribution in [2.45, 2.75) is 58.2 Å². The number of ether oxygens (including phenoxy) is 1. The maximum absolute atomic E-state index is 12.3. The van der Waals surface area contributed by atoms with Crippen molar-refractivity contribution in [3.8, 4) is 0 Å². The van der Waals surface area contributed by atoms with E-state index in [0.717, 1.165) is 0 Å². The van der Waals surface area contributed by atoms with E-state index in [2.05, 4.69) is 81.2 Å². The first-order valence-corrected chi connectivity index (χ1v) is 12.3. The van der Waals surface area contributed by atoms with Crippen LogP contribution in [-0.2, 0) is 9.16 Å². The highest BCUT2D eigenvalue weighted by Crippen LogP contribution is 2.36. The Bertz CT molecular complexity index is 783. The Labute approximate surface area is 182 Å². The normalized spacial score (nSPS) is 13.4. The highest BCUT2D eigenvalue weighted by atomic mass is 28.4. The van der Waals surface area contributed by atoms with Gasteiger partial charge in [-0.2, -0.15) is 0 Å². The van der Waals surface area contributed by atoms with Gasteiger partial charge in [-0.25, -0.2) is 4.79 Å². The van der Waals surface area contributed by atoms with Crippen LogP contribution in [0.5, 0.6) is 0 Å². The molecule has 1 N–H and O–H groups in total. The monoisotopic (exact) mass is 425 g/mol. The van der Waals surface area contributed by atoms with E-state index in [1.165, 1.54) is 10.4 Å². The third-order valence-electron chi connectivity index (χ3n) is 4.88. The van der Waals surface area contributed by atoms with Crippen LogP contribution in [0.2, 0.25) is 5.04 Å². The molecule has 2 aromatic rings.